The van der Waals surface area contributed by atoms with Gasteiger partial charge in [-0.3, -0.25) is 4.79 Å². The Morgan fingerprint density at radius 2 is 2.28 bits per heavy atom. The first-order valence-electron chi connectivity index (χ1n) is 5.32. The van der Waals surface area contributed by atoms with E-state index in [1.807, 2.05) is 30.5 Å². The van der Waals surface area contributed by atoms with Crippen LogP contribution in [0.2, 0.25) is 0 Å². The van der Waals surface area contributed by atoms with Crippen molar-refractivity contribution in [2.24, 2.45) is 0 Å². The van der Waals surface area contributed by atoms with Gasteiger partial charge in [-0.05, 0) is 17.9 Å². The van der Waals surface area contributed by atoms with Crippen molar-refractivity contribution in [3.8, 4) is 0 Å². The summed E-state index contributed by atoms with van der Waals surface area (Å²) in [6, 6.07) is 7.98. The third-order valence-corrected chi connectivity index (χ3v) is 3.90. The molecule has 0 aliphatic heterocycles. The topological polar surface area (TPSA) is 68.0 Å². The molecule has 1 amide bonds. The third-order valence-electron chi connectivity index (χ3n) is 2.39. The fraction of sp³-hybridized carbons (Fsp3) is 0.167. The quantitative estimate of drug-likeness (QED) is 0.843. The molecule has 2 aromatic rings. The minimum absolute atomic E-state index is 0.196. The molecule has 0 saturated carbocycles. The van der Waals surface area contributed by atoms with E-state index < -0.39 is 0 Å². The molecule has 0 bridgehead atoms. The van der Waals surface area contributed by atoms with E-state index in [-0.39, 0.29) is 5.91 Å². The number of amides is 1. The summed E-state index contributed by atoms with van der Waals surface area (Å²) >= 11 is 2.93. The molecule has 0 atom stereocenters. The second-order valence-corrected chi connectivity index (χ2v) is 5.30. The zero-order valence-electron chi connectivity index (χ0n) is 9.84. The van der Waals surface area contributed by atoms with Crippen LogP contribution < -0.4 is 11.1 Å². The van der Waals surface area contributed by atoms with Crippen molar-refractivity contribution in [1.29, 1.82) is 0 Å². The van der Waals surface area contributed by atoms with Crippen molar-refractivity contribution in [3.63, 3.8) is 0 Å². The molecule has 4 nitrogen and oxygen atoms in total. The van der Waals surface area contributed by atoms with E-state index in [0.29, 0.717) is 17.4 Å². The second kappa shape index (κ2) is 5.88. The summed E-state index contributed by atoms with van der Waals surface area (Å²) in [5.41, 5.74) is 6.97. The first-order chi connectivity index (χ1) is 8.70. The van der Waals surface area contributed by atoms with Crippen LogP contribution in [-0.2, 0) is 6.54 Å². The Hall–Kier alpha value is -1.53. The van der Waals surface area contributed by atoms with Gasteiger partial charge in [0.1, 0.15) is 5.69 Å². The molecule has 94 valence electrons. The molecular formula is C12H13N3OS2. The average Bonchev–Trinajstić information content (AvgIpc) is 2.83. The number of carbonyl (C=O) groups is 1. The van der Waals surface area contributed by atoms with Gasteiger partial charge < -0.3 is 11.1 Å². The summed E-state index contributed by atoms with van der Waals surface area (Å²) in [5.74, 6) is -0.196. The van der Waals surface area contributed by atoms with Gasteiger partial charge in [0, 0.05) is 16.8 Å². The Kier molecular flexibility index (Phi) is 4.22. The SMILES string of the molecule is CSc1ccccc1CNC(=O)c1csc(N)n1. The maximum Gasteiger partial charge on any atom is 0.271 e. The Morgan fingerprint density at radius 3 is 2.94 bits per heavy atom. The normalized spacial score (nSPS) is 10.3. The van der Waals surface area contributed by atoms with Gasteiger partial charge in [-0.25, -0.2) is 4.98 Å². The lowest BCUT2D eigenvalue weighted by Gasteiger charge is -2.07. The smallest absolute Gasteiger partial charge is 0.271 e. The van der Waals surface area contributed by atoms with E-state index in [9.17, 15) is 4.79 Å². The molecule has 2 rings (SSSR count). The van der Waals surface area contributed by atoms with Crippen molar-refractivity contribution in [2.45, 2.75) is 11.4 Å². The molecule has 18 heavy (non-hydrogen) atoms. The highest BCUT2D eigenvalue weighted by Gasteiger charge is 2.09. The summed E-state index contributed by atoms with van der Waals surface area (Å²) < 4.78 is 0. The van der Waals surface area contributed by atoms with Crippen LogP contribution in [0.3, 0.4) is 0 Å². The Morgan fingerprint density at radius 1 is 1.50 bits per heavy atom. The van der Waals surface area contributed by atoms with Crippen molar-refractivity contribution < 1.29 is 4.79 Å². The lowest BCUT2D eigenvalue weighted by Crippen LogP contribution is -2.23. The summed E-state index contributed by atoms with van der Waals surface area (Å²) in [6.45, 7) is 0.493. The van der Waals surface area contributed by atoms with Crippen LogP contribution in [0.25, 0.3) is 0 Å². The number of benzene rings is 1. The zero-order chi connectivity index (χ0) is 13.0. The molecule has 0 aliphatic rings. The highest BCUT2D eigenvalue weighted by Crippen LogP contribution is 2.19. The molecule has 3 N–H and O–H groups in total. The molecule has 0 fully saturated rings. The Labute approximate surface area is 114 Å². The number of thioether (sulfide) groups is 1. The molecule has 0 radical (unpaired) electrons. The first kappa shape index (κ1) is 12.9. The molecular weight excluding hydrogens is 266 g/mol. The van der Waals surface area contributed by atoms with Crippen LogP contribution >= 0.6 is 23.1 Å². The van der Waals surface area contributed by atoms with Gasteiger partial charge >= 0.3 is 0 Å². The van der Waals surface area contributed by atoms with E-state index in [1.54, 1.807) is 17.1 Å². The van der Waals surface area contributed by atoms with Crippen LogP contribution in [0.15, 0.2) is 34.5 Å². The second-order valence-electron chi connectivity index (χ2n) is 3.57. The number of carbonyl (C=O) groups excluding carboxylic acids is 1. The molecule has 0 spiro atoms. The Bertz CT molecular complexity index is 554. The zero-order valence-corrected chi connectivity index (χ0v) is 11.5. The van der Waals surface area contributed by atoms with Gasteiger partial charge in [0.05, 0.1) is 0 Å². The van der Waals surface area contributed by atoms with Crippen LogP contribution in [0.1, 0.15) is 16.1 Å². The number of thiazole rings is 1. The number of rotatable bonds is 4. The maximum absolute atomic E-state index is 11.8. The molecule has 1 aromatic heterocycles. The van der Waals surface area contributed by atoms with Gasteiger partial charge in [-0.15, -0.1) is 23.1 Å². The fourth-order valence-electron chi connectivity index (χ4n) is 1.51. The van der Waals surface area contributed by atoms with Crippen LogP contribution in [0.5, 0.6) is 0 Å². The predicted octanol–water partition coefficient (Wildman–Crippen LogP) is 2.38. The van der Waals surface area contributed by atoms with E-state index in [2.05, 4.69) is 10.3 Å². The molecule has 1 aromatic carbocycles. The van der Waals surface area contributed by atoms with Gasteiger partial charge in [0.25, 0.3) is 5.91 Å². The molecule has 1 heterocycles. The molecule has 0 aliphatic carbocycles. The summed E-state index contributed by atoms with van der Waals surface area (Å²) in [7, 11) is 0. The Balaban J connectivity index is 2.01. The average molecular weight is 279 g/mol. The number of nitrogens with one attached hydrogen (secondary N) is 1. The molecule has 6 heteroatoms. The number of anilines is 1. The number of aromatic nitrogens is 1. The number of hydrogen-bond donors (Lipinski definition) is 2. The van der Waals surface area contributed by atoms with E-state index in [4.69, 9.17) is 5.73 Å². The predicted molar refractivity (Wildman–Crippen MR) is 75.9 cm³/mol. The summed E-state index contributed by atoms with van der Waals surface area (Å²) in [5, 5.41) is 4.90. The maximum atomic E-state index is 11.8. The monoisotopic (exact) mass is 279 g/mol. The standard InChI is InChI=1S/C12H13N3OS2/c1-17-10-5-3-2-4-8(10)6-14-11(16)9-7-18-12(13)15-9/h2-5,7H,6H2,1H3,(H2,13,15)(H,14,16). The number of nitrogens with zero attached hydrogens (tertiary/aromatic N) is 1. The van der Waals surface area contributed by atoms with Gasteiger partial charge in [0.15, 0.2) is 5.13 Å². The van der Waals surface area contributed by atoms with Crippen molar-refractivity contribution in [3.05, 3.63) is 40.9 Å². The van der Waals surface area contributed by atoms with E-state index in [0.717, 1.165) is 10.5 Å². The van der Waals surface area contributed by atoms with Gasteiger partial charge in [-0.1, -0.05) is 18.2 Å². The van der Waals surface area contributed by atoms with E-state index >= 15 is 0 Å². The van der Waals surface area contributed by atoms with Gasteiger partial charge in [0.2, 0.25) is 0 Å². The minimum atomic E-state index is -0.196. The van der Waals surface area contributed by atoms with Crippen LogP contribution in [0.4, 0.5) is 5.13 Å². The fourth-order valence-corrected chi connectivity index (χ4v) is 2.67. The molecule has 0 unspecified atom stereocenters. The van der Waals surface area contributed by atoms with Crippen molar-refractivity contribution >= 4 is 34.1 Å². The highest BCUT2D eigenvalue weighted by molar-refractivity contribution is 7.98. The summed E-state index contributed by atoms with van der Waals surface area (Å²) in [4.78, 5) is 16.9. The number of hydrogen-bond acceptors (Lipinski definition) is 5. The lowest BCUT2D eigenvalue weighted by molar-refractivity contribution is 0.0946. The first-order valence-corrected chi connectivity index (χ1v) is 7.42. The largest absolute Gasteiger partial charge is 0.375 e. The van der Waals surface area contributed by atoms with E-state index in [1.165, 1.54) is 11.3 Å². The van der Waals surface area contributed by atoms with Gasteiger partial charge in [-0.2, -0.15) is 0 Å². The minimum Gasteiger partial charge on any atom is -0.375 e. The van der Waals surface area contributed by atoms with Crippen molar-refractivity contribution in [2.75, 3.05) is 12.0 Å². The van der Waals surface area contributed by atoms with Crippen LogP contribution in [-0.4, -0.2) is 17.1 Å². The third kappa shape index (κ3) is 3.02. The number of nitrogens with two attached hydrogens (primary N) is 1. The highest BCUT2D eigenvalue weighted by atomic mass is 32.2. The van der Waals surface area contributed by atoms with Crippen molar-refractivity contribution in [1.82, 2.24) is 10.3 Å². The van der Waals surface area contributed by atoms with Crippen LogP contribution in [0, 0.1) is 0 Å². The molecule has 0 saturated heterocycles. The lowest BCUT2D eigenvalue weighted by atomic mass is 10.2. The number of nitrogen functional groups attached to an aromatic ring is 1. The summed E-state index contributed by atoms with van der Waals surface area (Å²) in [6.07, 6.45) is 2.02.